The smallest absolute Gasteiger partial charge is 0.182 e. The molecular weight excluding hydrogens is 345 g/mol. The van der Waals surface area contributed by atoms with Gasteiger partial charge in [0.1, 0.15) is 16.5 Å². The van der Waals surface area contributed by atoms with Crippen molar-refractivity contribution in [3.63, 3.8) is 0 Å². The summed E-state index contributed by atoms with van der Waals surface area (Å²) in [6, 6.07) is 3.68. The van der Waals surface area contributed by atoms with Crippen LogP contribution in [0.25, 0.3) is 11.5 Å². The van der Waals surface area contributed by atoms with E-state index >= 15 is 0 Å². The second-order valence-electron chi connectivity index (χ2n) is 4.23. The van der Waals surface area contributed by atoms with Gasteiger partial charge in [-0.3, -0.25) is 4.99 Å². The number of nitrogens with two attached hydrogens (primary N) is 2. The fraction of sp³-hybridized carbons (Fsp3) is 0.385. The second kappa shape index (κ2) is 10.4. The third-order valence-corrected chi connectivity index (χ3v) is 3.48. The van der Waals surface area contributed by atoms with E-state index in [1.54, 1.807) is 6.34 Å². The van der Waals surface area contributed by atoms with E-state index in [0.717, 1.165) is 24.4 Å². The minimum absolute atomic E-state index is 0. The molecule has 2 heterocycles. The van der Waals surface area contributed by atoms with E-state index in [0.29, 0.717) is 28.9 Å². The summed E-state index contributed by atoms with van der Waals surface area (Å²) in [5.41, 5.74) is 12.0. The number of furan rings is 1. The minimum Gasteiger partial charge on any atom is -0.458 e. The van der Waals surface area contributed by atoms with Crippen LogP contribution in [0.15, 0.2) is 21.5 Å². The van der Waals surface area contributed by atoms with Crippen molar-refractivity contribution in [1.82, 2.24) is 4.98 Å². The van der Waals surface area contributed by atoms with Crippen LogP contribution in [0.1, 0.15) is 25.5 Å². The molecule has 5 N–H and O–H groups in total. The van der Waals surface area contributed by atoms with Gasteiger partial charge in [-0.1, -0.05) is 24.7 Å². The van der Waals surface area contributed by atoms with Crippen molar-refractivity contribution in [2.45, 2.75) is 26.3 Å². The lowest BCUT2D eigenvalue weighted by Gasteiger charge is -1.98. The van der Waals surface area contributed by atoms with Crippen molar-refractivity contribution in [3.8, 4) is 11.5 Å². The van der Waals surface area contributed by atoms with Gasteiger partial charge < -0.3 is 21.2 Å². The number of anilines is 2. The number of nitrogens with one attached hydrogen (secondary N) is 1. The predicted molar refractivity (Wildman–Crippen MR) is 98.5 cm³/mol. The van der Waals surface area contributed by atoms with Gasteiger partial charge in [-0.05, 0) is 18.6 Å². The number of nitrogen functional groups attached to an aromatic ring is 1. The Morgan fingerprint density at radius 2 is 2.18 bits per heavy atom. The fourth-order valence-electron chi connectivity index (χ4n) is 1.63. The quantitative estimate of drug-likeness (QED) is 0.395. The summed E-state index contributed by atoms with van der Waals surface area (Å²) in [5, 5.41) is 4.41. The molecule has 0 saturated carbocycles. The van der Waals surface area contributed by atoms with Crippen LogP contribution in [-0.2, 0) is 6.54 Å². The number of nitrogens with zero attached hydrogens (tertiary/aromatic N) is 2. The van der Waals surface area contributed by atoms with Crippen LogP contribution in [0.2, 0.25) is 0 Å². The number of aromatic nitrogens is 1. The molecule has 0 spiro atoms. The standard InChI is InChI=1S/C13H19N5OS.2ClH/c1-2-3-6-16-8-17-12-11(18-13(15)20-12)10-5-4-9(7-14)19-10;;/h4-5,8H,2-3,6-7,14H2,1H3,(H2,15,18)(H,16,17);2*1H. The molecule has 9 heteroatoms. The number of aliphatic imine (C=N–C) groups is 1. The zero-order valence-electron chi connectivity index (χ0n) is 12.2. The number of unbranched alkanes of at least 4 members (excludes halogenated alkanes) is 1. The van der Waals surface area contributed by atoms with Crippen LogP contribution < -0.4 is 16.8 Å². The fourth-order valence-corrected chi connectivity index (χ4v) is 2.34. The number of halogens is 2. The summed E-state index contributed by atoms with van der Waals surface area (Å²) in [5.74, 6) is 1.37. The van der Waals surface area contributed by atoms with Crippen molar-refractivity contribution >= 4 is 52.6 Å². The highest BCUT2D eigenvalue weighted by atomic mass is 35.5. The van der Waals surface area contributed by atoms with Crippen LogP contribution in [0.3, 0.4) is 0 Å². The molecule has 0 radical (unpaired) electrons. The summed E-state index contributed by atoms with van der Waals surface area (Å²) in [6.07, 6.45) is 3.89. The number of thiazole rings is 1. The maximum absolute atomic E-state index is 5.76. The Morgan fingerprint density at radius 3 is 2.82 bits per heavy atom. The van der Waals surface area contributed by atoms with Crippen molar-refractivity contribution in [2.24, 2.45) is 10.7 Å². The van der Waals surface area contributed by atoms with E-state index in [4.69, 9.17) is 15.9 Å². The number of hydrogen-bond donors (Lipinski definition) is 3. The first-order valence-electron chi connectivity index (χ1n) is 6.55. The van der Waals surface area contributed by atoms with E-state index in [2.05, 4.69) is 22.2 Å². The Balaban J connectivity index is 0.00000220. The molecule has 2 aromatic rings. The lowest BCUT2D eigenvalue weighted by molar-refractivity contribution is 0.524. The van der Waals surface area contributed by atoms with E-state index < -0.39 is 0 Å². The Kier molecular flexibility index (Phi) is 9.84. The molecule has 124 valence electrons. The monoisotopic (exact) mass is 365 g/mol. The van der Waals surface area contributed by atoms with E-state index in [9.17, 15) is 0 Å². The third kappa shape index (κ3) is 5.49. The first-order valence-corrected chi connectivity index (χ1v) is 7.36. The minimum atomic E-state index is 0. The molecule has 22 heavy (non-hydrogen) atoms. The van der Waals surface area contributed by atoms with Gasteiger partial charge in [0.05, 0.1) is 12.9 Å². The Hall–Kier alpha value is -1.28. The first-order chi connectivity index (χ1) is 9.74. The highest BCUT2D eigenvalue weighted by molar-refractivity contribution is 7.20. The molecule has 0 aliphatic carbocycles. The normalized spacial score (nSPS) is 10.3. The van der Waals surface area contributed by atoms with E-state index in [1.807, 2.05) is 12.1 Å². The van der Waals surface area contributed by atoms with Gasteiger partial charge in [0.15, 0.2) is 10.9 Å². The summed E-state index contributed by atoms with van der Waals surface area (Å²) in [7, 11) is 0. The maximum atomic E-state index is 5.76. The Morgan fingerprint density at radius 1 is 1.41 bits per heavy atom. The van der Waals surface area contributed by atoms with Crippen molar-refractivity contribution in [2.75, 3.05) is 17.6 Å². The average molecular weight is 366 g/mol. The predicted octanol–water partition coefficient (Wildman–Crippen LogP) is 3.53. The van der Waals surface area contributed by atoms with Crippen molar-refractivity contribution in [3.05, 3.63) is 17.9 Å². The molecule has 0 aliphatic heterocycles. The van der Waals surface area contributed by atoms with Crippen LogP contribution in [0, 0.1) is 0 Å². The van der Waals surface area contributed by atoms with Crippen LogP contribution >= 0.6 is 36.2 Å². The van der Waals surface area contributed by atoms with Gasteiger partial charge in [-0.25, -0.2) is 4.98 Å². The summed E-state index contributed by atoms with van der Waals surface area (Å²) in [6.45, 7) is 3.31. The molecule has 0 bridgehead atoms. The lowest BCUT2D eigenvalue weighted by atomic mass is 10.3. The molecule has 2 rings (SSSR count). The molecule has 6 nitrogen and oxygen atoms in total. The summed E-state index contributed by atoms with van der Waals surface area (Å²) >= 11 is 1.36. The average Bonchev–Trinajstić information content (AvgIpc) is 3.04. The highest BCUT2D eigenvalue weighted by Crippen LogP contribution is 2.34. The molecule has 2 aromatic heterocycles. The molecule has 0 unspecified atom stereocenters. The molecule has 0 fully saturated rings. The zero-order valence-corrected chi connectivity index (χ0v) is 14.7. The SMILES string of the molecule is CCCCN=CNc1sc(N)nc1-c1ccc(CN)o1.Cl.Cl. The van der Waals surface area contributed by atoms with Crippen molar-refractivity contribution in [1.29, 1.82) is 0 Å². The van der Waals surface area contributed by atoms with E-state index in [-0.39, 0.29) is 24.8 Å². The number of hydrogen-bond acceptors (Lipinski definition) is 6. The van der Waals surface area contributed by atoms with Gasteiger partial charge in [0.25, 0.3) is 0 Å². The van der Waals surface area contributed by atoms with Gasteiger partial charge in [0.2, 0.25) is 0 Å². The summed E-state index contributed by atoms with van der Waals surface area (Å²) in [4.78, 5) is 8.55. The van der Waals surface area contributed by atoms with Gasteiger partial charge in [0, 0.05) is 6.54 Å². The number of rotatable bonds is 7. The first kappa shape index (κ1) is 20.7. The lowest BCUT2D eigenvalue weighted by Crippen LogP contribution is -1.95. The van der Waals surface area contributed by atoms with Gasteiger partial charge in [-0.2, -0.15) is 0 Å². The van der Waals surface area contributed by atoms with Crippen LogP contribution in [0.4, 0.5) is 10.1 Å². The Labute approximate surface area is 146 Å². The molecule has 0 saturated heterocycles. The molecular formula is C13H21Cl2N5OS. The van der Waals surface area contributed by atoms with E-state index in [1.165, 1.54) is 11.3 Å². The molecule has 0 amide bonds. The topological polar surface area (TPSA) is 102 Å². The highest BCUT2D eigenvalue weighted by Gasteiger charge is 2.14. The van der Waals surface area contributed by atoms with Gasteiger partial charge in [-0.15, -0.1) is 24.8 Å². The second-order valence-corrected chi connectivity index (χ2v) is 5.26. The van der Waals surface area contributed by atoms with Crippen molar-refractivity contribution < 1.29 is 4.42 Å². The largest absolute Gasteiger partial charge is 0.458 e. The molecule has 0 atom stereocenters. The Bertz CT molecular complexity index is 585. The molecule has 0 aromatic carbocycles. The maximum Gasteiger partial charge on any atom is 0.182 e. The molecule has 0 aliphatic rings. The third-order valence-electron chi connectivity index (χ3n) is 2.67. The zero-order chi connectivity index (χ0) is 14.4. The summed E-state index contributed by atoms with van der Waals surface area (Å²) < 4.78 is 5.60. The van der Waals surface area contributed by atoms with Crippen LogP contribution in [-0.4, -0.2) is 17.9 Å². The van der Waals surface area contributed by atoms with Gasteiger partial charge >= 0.3 is 0 Å². The van der Waals surface area contributed by atoms with Crippen LogP contribution in [0.5, 0.6) is 0 Å².